The van der Waals surface area contributed by atoms with Crippen molar-refractivity contribution in [1.82, 2.24) is 14.4 Å². The van der Waals surface area contributed by atoms with E-state index in [1.54, 1.807) is 4.40 Å². The fourth-order valence-electron chi connectivity index (χ4n) is 4.77. The van der Waals surface area contributed by atoms with Crippen LogP contribution in [0, 0.1) is 12.3 Å². The molecule has 3 heterocycles. The molecule has 7 aromatic rings. The van der Waals surface area contributed by atoms with E-state index in [0.717, 1.165) is 38.9 Å². The van der Waals surface area contributed by atoms with Crippen molar-refractivity contribution in [2.45, 2.75) is 6.92 Å². The first-order valence-electron chi connectivity index (χ1n) is 11.8. The number of aromatic nitrogens is 3. The average Bonchev–Trinajstić information content (AvgIpc) is 3.30. The summed E-state index contributed by atoms with van der Waals surface area (Å²) in [5.74, 6) is 0. The van der Waals surface area contributed by atoms with Crippen LogP contribution >= 0.6 is 0 Å². The summed E-state index contributed by atoms with van der Waals surface area (Å²) in [4.78, 5) is 11.5. The Kier molecular flexibility index (Phi) is 4.41. The summed E-state index contributed by atoms with van der Waals surface area (Å²) in [6, 6.07) is 34.8. The van der Waals surface area contributed by atoms with Gasteiger partial charge < -0.3 is 9.32 Å². The van der Waals surface area contributed by atoms with E-state index in [9.17, 15) is 0 Å². The van der Waals surface area contributed by atoms with E-state index in [4.69, 9.17) is 14.8 Å². The topological polar surface area (TPSA) is 70.4 Å². The Labute approximate surface area is 206 Å². The Hall–Kier alpha value is -4.97. The van der Waals surface area contributed by atoms with Crippen LogP contribution in [0.5, 0.6) is 0 Å². The van der Waals surface area contributed by atoms with Gasteiger partial charge in [-0.1, -0.05) is 48.0 Å². The van der Waals surface area contributed by atoms with E-state index >= 15 is 0 Å². The summed E-state index contributed by atoms with van der Waals surface area (Å²) in [7, 11) is 0. The number of aryl methyl sites for hydroxylation is 1. The van der Waals surface area contributed by atoms with Gasteiger partial charge in [0.1, 0.15) is 5.58 Å². The predicted molar refractivity (Wildman–Crippen MR) is 143 cm³/mol. The molecule has 0 spiro atoms. The molecule has 0 amide bonds. The highest BCUT2D eigenvalue weighted by Gasteiger charge is 2.16. The minimum Gasteiger partial charge on any atom is -0.437 e. The highest BCUT2D eigenvalue weighted by atomic mass is 16.3. The number of imidazole rings is 1. The van der Waals surface area contributed by atoms with Crippen LogP contribution in [0.1, 0.15) is 5.56 Å². The van der Waals surface area contributed by atoms with Gasteiger partial charge >= 0.3 is 0 Å². The molecule has 0 atom stereocenters. The number of para-hydroxylation sites is 3. The predicted octanol–water partition coefficient (Wildman–Crippen LogP) is 7.04. The van der Waals surface area contributed by atoms with Gasteiger partial charge in [-0.3, -0.25) is 9.81 Å². The number of benzene rings is 4. The van der Waals surface area contributed by atoms with Gasteiger partial charge in [0.2, 0.25) is 11.3 Å². The lowest BCUT2D eigenvalue weighted by atomic mass is 10.1. The third-order valence-electron chi connectivity index (χ3n) is 6.52. The molecule has 0 saturated heterocycles. The SMILES string of the molecule is Cc1ccc(N(c2ccccc2)c2ccc3cc4c(nc(=N)n5c6ccccc6nc45)oc3c2)cc1. The number of hydrogen-bond acceptors (Lipinski definition) is 5. The van der Waals surface area contributed by atoms with Crippen LogP contribution in [0.3, 0.4) is 0 Å². The summed E-state index contributed by atoms with van der Waals surface area (Å²) in [5, 5.41) is 10.3. The minimum atomic E-state index is 0.0935. The Morgan fingerprint density at radius 1 is 0.750 bits per heavy atom. The monoisotopic (exact) mass is 467 g/mol. The van der Waals surface area contributed by atoms with Crippen LogP contribution in [0.25, 0.3) is 38.7 Å². The molecule has 0 bridgehead atoms. The van der Waals surface area contributed by atoms with Gasteiger partial charge in [0.15, 0.2) is 5.65 Å². The van der Waals surface area contributed by atoms with Crippen molar-refractivity contribution in [3.05, 3.63) is 114 Å². The summed E-state index contributed by atoms with van der Waals surface area (Å²) in [5.41, 5.74) is 7.84. The number of fused-ring (bicyclic) bond motifs is 6. The first kappa shape index (κ1) is 20.4. The van der Waals surface area contributed by atoms with Gasteiger partial charge in [-0.25, -0.2) is 4.98 Å². The molecule has 0 unspecified atom stereocenters. The lowest BCUT2D eigenvalue weighted by Gasteiger charge is -2.25. The molecule has 7 rings (SSSR count). The van der Waals surface area contributed by atoms with Crippen molar-refractivity contribution >= 4 is 55.8 Å². The fraction of sp³-hybridized carbons (Fsp3) is 0.0333. The van der Waals surface area contributed by atoms with E-state index in [-0.39, 0.29) is 5.62 Å². The molecule has 172 valence electrons. The average molecular weight is 468 g/mol. The molecule has 0 fully saturated rings. The van der Waals surface area contributed by atoms with E-state index in [1.807, 2.05) is 54.6 Å². The molecule has 0 aliphatic heterocycles. The van der Waals surface area contributed by atoms with Crippen molar-refractivity contribution in [3.63, 3.8) is 0 Å². The highest BCUT2D eigenvalue weighted by molar-refractivity contribution is 5.99. The van der Waals surface area contributed by atoms with Crippen molar-refractivity contribution in [1.29, 1.82) is 5.41 Å². The Morgan fingerprint density at radius 3 is 2.31 bits per heavy atom. The number of hydrogen-bond donors (Lipinski definition) is 1. The molecule has 6 nitrogen and oxygen atoms in total. The summed E-state index contributed by atoms with van der Waals surface area (Å²) in [6.45, 7) is 2.09. The zero-order chi connectivity index (χ0) is 24.2. The van der Waals surface area contributed by atoms with Crippen molar-refractivity contribution in [3.8, 4) is 0 Å². The summed E-state index contributed by atoms with van der Waals surface area (Å²) < 4.78 is 8.07. The van der Waals surface area contributed by atoms with Crippen LogP contribution in [0.2, 0.25) is 0 Å². The molecule has 0 aliphatic carbocycles. The molecule has 6 heteroatoms. The molecule has 3 aromatic heterocycles. The third kappa shape index (κ3) is 3.15. The maximum atomic E-state index is 8.55. The van der Waals surface area contributed by atoms with Crippen LogP contribution in [-0.2, 0) is 0 Å². The molecule has 0 aliphatic rings. The fourth-order valence-corrected chi connectivity index (χ4v) is 4.77. The van der Waals surface area contributed by atoms with E-state index < -0.39 is 0 Å². The second-order valence-electron chi connectivity index (χ2n) is 8.89. The molecular weight excluding hydrogens is 446 g/mol. The highest BCUT2D eigenvalue weighted by Crippen LogP contribution is 2.37. The smallest absolute Gasteiger partial charge is 0.233 e. The minimum absolute atomic E-state index is 0.0935. The van der Waals surface area contributed by atoms with Gasteiger partial charge in [0.05, 0.1) is 16.4 Å². The van der Waals surface area contributed by atoms with E-state index in [1.165, 1.54) is 5.56 Å². The number of rotatable bonds is 3. The van der Waals surface area contributed by atoms with E-state index in [2.05, 4.69) is 65.3 Å². The maximum Gasteiger partial charge on any atom is 0.233 e. The Balaban J connectivity index is 1.46. The standard InChI is InChI=1S/C30H21N5O/c1-19-11-14-22(15-12-19)34(21-7-3-2-4-8-21)23-16-13-20-17-24-28-32-25-9-5-6-10-26(25)35(28)30(31)33-29(24)36-27(20)18-23/h2-18,31H,1H3. The zero-order valence-electron chi connectivity index (χ0n) is 19.5. The first-order chi connectivity index (χ1) is 17.7. The molecule has 1 N–H and O–H groups in total. The first-order valence-corrected chi connectivity index (χ1v) is 11.8. The van der Waals surface area contributed by atoms with Gasteiger partial charge in [-0.05, 0) is 61.5 Å². The lowest BCUT2D eigenvalue weighted by Crippen LogP contribution is -2.16. The second kappa shape index (κ2) is 7.78. The quantitative estimate of drug-likeness (QED) is 0.283. The molecule has 4 aromatic carbocycles. The molecular formula is C30H21N5O. The molecule has 36 heavy (non-hydrogen) atoms. The van der Waals surface area contributed by atoms with Crippen molar-refractivity contribution in [2.75, 3.05) is 4.90 Å². The van der Waals surface area contributed by atoms with Crippen LogP contribution in [0.4, 0.5) is 17.1 Å². The Bertz CT molecular complexity index is 1970. The zero-order valence-corrected chi connectivity index (χ0v) is 19.5. The number of anilines is 3. The van der Waals surface area contributed by atoms with Gasteiger partial charge in [-0.15, -0.1) is 0 Å². The van der Waals surface area contributed by atoms with Crippen LogP contribution in [-0.4, -0.2) is 14.4 Å². The summed E-state index contributed by atoms with van der Waals surface area (Å²) in [6.07, 6.45) is 0. The Morgan fingerprint density at radius 2 is 1.47 bits per heavy atom. The largest absolute Gasteiger partial charge is 0.437 e. The van der Waals surface area contributed by atoms with Gasteiger partial charge in [-0.2, -0.15) is 4.98 Å². The number of nitrogens with one attached hydrogen (secondary N) is 1. The van der Waals surface area contributed by atoms with Crippen molar-refractivity contribution < 1.29 is 4.42 Å². The molecule has 0 saturated carbocycles. The number of nitrogens with zero attached hydrogens (tertiary/aromatic N) is 4. The van der Waals surface area contributed by atoms with Gasteiger partial charge in [0.25, 0.3) is 0 Å². The normalized spacial score (nSPS) is 11.6. The van der Waals surface area contributed by atoms with E-state index in [0.29, 0.717) is 16.9 Å². The van der Waals surface area contributed by atoms with Gasteiger partial charge in [0, 0.05) is 28.5 Å². The third-order valence-corrected chi connectivity index (χ3v) is 6.52. The molecule has 0 radical (unpaired) electrons. The van der Waals surface area contributed by atoms with Crippen LogP contribution < -0.4 is 10.5 Å². The van der Waals surface area contributed by atoms with Crippen molar-refractivity contribution in [2.24, 2.45) is 0 Å². The second-order valence-corrected chi connectivity index (χ2v) is 8.89. The lowest BCUT2D eigenvalue weighted by molar-refractivity contribution is 0.639. The maximum absolute atomic E-state index is 8.55. The summed E-state index contributed by atoms with van der Waals surface area (Å²) >= 11 is 0. The van der Waals surface area contributed by atoms with Crippen LogP contribution in [0.15, 0.2) is 108 Å².